The van der Waals surface area contributed by atoms with Gasteiger partial charge in [-0.1, -0.05) is 12.1 Å². The lowest BCUT2D eigenvalue weighted by Crippen LogP contribution is -2.12. The van der Waals surface area contributed by atoms with E-state index in [9.17, 15) is 10.1 Å². The van der Waals surface area contributed by atoms with E-state index in [0.717, 1.165) is 0 Å². The van der Waals surface area contributed by atoms with Crippen LogP contribution >= 0.6 is 0 Å². The molecule has 0 amide bonds. The van der Waals surface area contributed by atoms with E-state index in [1.165, 1.54) is 6.07 Å². The second kappa shape index (κ2) is 6.42. The number of hydrogen-bond donors (Lipinski definition) is 1. The van der Waals surface area contributed by atoms with Gasteiger partial charge < -0.3 is 15.0 Å². The Hall–Kier alpha value is -2.32. The summed E-state index contributed by atoms with van der Waals surface area (Å²) in [5.41, 5.74) is 6.94. The average molecular weight is 291 g/mol. The molecular formula is C13H17N5O3. The summed E-state index contributed by atoms with van der Waals surface area (Å²) in [4.78, 5) is 10.6. The van der Waals surface area contributed by atoms with Crippen molar-refractivity contribution < 1.29 is 9.66 Å². The molecule has 0 spiro atoms. The molecule has 2 N–H and O–H groups in total. The summed E-state index contributed by atoms with van der Waals surface area (Å²) >= 11 is 0. The van der Waals surface area contributed by atoms with Gasteiger partial charge in [0.2, 0.25) is 0 Å². The third kappa shape index (κ3) is 3.06. The fourth-order valence-electron chi connectivity index (χ4n) is 2.06. The molecule has 112 valence electrons. The van der Waals surface area contributed by atoms with Crippen LogP contribution in [0.25, 0.3) is 11.4 Å². The molecule has 8 nitrogen and oxygen atoms in total. The molecule has 0 bridgehead atoms. The number of nitrogens with two attached hydrogens (primary N) is 1. The molecule has 1 heterocycles. The van der Waals surface area contributed by atoms with Gasteiger partial charge in [-0.2, -0.15) is 0 Å². The third-order valence-corrected chi connectivity index (χ3v) is 3.19. The highest BCUT2D eigenvalue weighted by Crippen LogP contribution is 2.26. The quantitative estimate of drug-likeness (QED) is 0.634. The van der Waals surface area contributed by atoms with Crippen molar-refractivity contribution in [3.05, 3.63) is 39.7 Å². The summed E-state index contributed by atoms with van der Waals surface area (Å²) in [5, 5.41) is 19.2. The van der Waals surface area contributed by atoms with Crippen molar-refractivity contribution in [2.45, 2.75) is 20.0 Å². The van der Waals surface area contributed by atoms with Gasteiger partial charge in [-0.3, -0.25) is 10.1 Å². The number of hydrogen-bond acceptors (Lipinski definition) is 6. The number of methoxy groups -OCH3 is 1. The van der Waals surface area contributed by atoms with Crippen LogP contribution in [-0.4, -0.2) is 33.4 Å². The van der Waals surface area contributed by atoms with Gasteiger partial charge in [0, 0.05) is 30.8 Å². The third-order valence-electron chi connectivity index (χ3n) is 3.19. The van der Waals surface area contributed by atoms with E-state index in [0.29, 0.717) is 35.9 Å². The Balaban J connectivity index is 2.48. The van der Waals surface area contributed by atoms with E-state index >= 15 is 0 Å². The Kier molecular flexibility index (Phi) is 4.61. The SMILES string of the molecule is COCCn1c(CN)nnc1-c1ccc(C)c([N+](=O)[O-])c1. The molecule has 0 saturated heterocycles. The van der Waals surface area contributed by atoms with E-state index in [1.54, 1.807) is 26.2 Å². The molecule has 2 aromatic rings. The van der Waals surface area contributed by atoms with Crippen molar-refractivity contribution in [2.75, 3.05) is 13.7 Å². The van der Waals surface area contributed by atoms with Crippen molar-refractivity contribution in [1.29, 1.82) is 0 Å². The number of nitrogens with zero attached hydrogens (tertiary/aromatic N) is 4. The van der Waals surface area contributed by atoms with Crippen LogP contribution in [0.15, 0.2) is 18.2 Å². The predicted molar refractivity (Wildman–Crippen MR) is 76.6 cm³/mol. The molecule has 0 unspecified atom stereocenters. The molecule has 1 aromatic carbocycles. The first-order valence-corrected chi connectivity index (χ1v) is 6.45. The standard InChI is InChI=1S/C13H17N5O3/c1-9-3-4-10(7-11(9)18(19)20)13-16-15-12(8-14)17(13)5-6-21-2/h3-4,7H,5-6,8,14H2,1-2H3. The van der Waals surface area contributed by atoms with Gasteiger partial charge in [-0.05, 0) is 6.92 Å². The molecule has 0 saturated carbocycles. The largest absolute Gasteiger partial charge is 0.383 e. The molecule has 0 atom stereocenters. The molecule has 8 heteroatoms. The summed E-state index contributed by atoms with van der Waals surface area (Å²) < 4.78 is 6.88. The Labute approximate surface area is 121 Å². The summed E-state index contributed by atoms with van der Waals surface area (Å²) in [5.74, 6) is 1.17. The zero-order valence-corrected chi connectivity index (χ0v) is 11.9. The number of aryl methyl sites for hydroxylation is 1. The minimum Gasteiger partial charge on any atom is -0.383 e. The lowest BCUT2D eigenvalue weighted by Gasteiger charge is -2.09. The van der Waals surface area contributed by atoms with E-state index in [2.05, 4.69) is 10.2 Å². The maximum atomic E-state index is 11.0. The Morgan fingerprint density at radius 1 is 1.43 bits per heavy atom. The number of rotatable bonds is 6. The van der Waals surface area contributed by atoms with Crippen LogP contribution in [0.5, 0.6) is 0 Å². The van der Waals surface area contributed by atoms with Gasteiger partial charge in [0.15, 0.2) is 5.82 Å². The number of nitro benzene ring substituents is 1. The van der Waals surface area contributed by atoms with Gasteiger partial charge in [0.25, 0.3) is 5.69 Å². The van der Waals surface area contributed by atoms with E-state index < -0.39 is 4.92 Å². The maximum Gasteiger partial charge on any atom is 0.273 e. The predicted octanol–water partition coefficient (Wildman–Crippen LogP) is 1.27. The second-order valence-corrected chi connectivity index (χ2v) is 4.55. The summed E-state index contributed by atoms with van der Waals surface area (Å²) in [6.45, 7) is 2.95. The molecule has 0 aliphatic heterocycles. The highest BCUT2D eigenvalue weighted by molar-refractivity contribution is 5.61. The number of aromatic nitrogens is 3. The molecule has 2 rings (SSSR count). The van der Waals surface area contributed by atoms with Crippen LogP contribution in [-0.2, 0) is 17.8 Å². The fourth-order valence-corrected chi connectivity index (χ4v) is 2.06. The monoisotopic (exact) mass is 291 g/mol. The average Bonchev–Trinajstić information content (AvgIpc) is 2.88. The highest BCUT2D eigenvalue weighted by atomic mass is 16.6. The van der Waals surface area contributed by atoms with Gasteiger partial charge in [0.1, 0.15) is 5.82 Å². The number of benzene rings is 1. The maximum absolute atomic E-state index is 11.0. The Morgan fingerprint density at radius 3 is 2.81 bits per heavy atom. The number of nitro groups is 1. The van der Waals surface area contributed by atoms with Crippen LogP contribution in [0.4, 0.5) is 5.69 Å². The highest BCUT2D eigenvalue weighted by Gasteiger charge is 2.17. The first kappa shape index (κ1) is 15.1. The molecular weight excluding hydrogens is 274 g/mol. The van der Waals surface area contributed by atoms with Crippen LogP contribution < -0.4 is 5.73 Å². The molecule has 0 aliphatic carbocycles. The van der Waals surface area contributed by atoms with Gasteiger partial charge in [-0.15, -0.1) is 10.2 Å². The topological polar surface area (TPSA) is 109 Å². The zero-order valence-electron chi connectivity index (χ0n) is 11.9. The fraction of sp³-hybridized carbons (Fsp3) is 0.385. The van der Waals surface area contributed by atoms with Crippen molar-refractivity contribution >= 4 is 5.69 Å². The smallest absolute Gasteiger partial charge is 0.273 e. The van der Waals surface area contributed by atoms with Crippen LogP contribution in [0.2, 0.25) is 0 Å². The summed E-state index contributed by atoms with van der Waals surface area (Å²) in [6, 6.07) is 4.99. The summed E-state index contributed by atoms with van der Waals surface area (Å²) in [6.07, 6.45) is 0. The Morgan fingerprint density at radius 2 is 2.19 bits per heavy atom. The molecule has 1 aromatic heterocycles. The van der Waals surface area contributed by atoms with Gasteiger partial charge in [-0.25, -0.2) is 0 Å². The van der Waals surface area contributed by atoms with Crippen molar-refractivity contribution in [1.82, 2.24) is 14.8 Å². The molecule has 0 radical (unpaired) electrons. The summed E-state index contributed by atoms with van der Waals surface area (Å²) in [7, 11) is 1.60. The van der Waals surface area contributed by atoms with Crippen molar-refractivity contribution in [3.8, 4) is 11.4 Å². The van der Waals surface area contributed by atoms with Gasteiger partial charge in [0.05, 0.1) is 18.1 Å². The minimum atomic E-state index is -0.404. The second-order valence-electron chi connectivity index (χ2n) is 4.55. The van der Waals surface area contributed by atoms with Gasteiger partial charge >= 0.3 is 0 Å². The minimum absolute atomic E-state index is 0.0584. The lowest BCUT2D eigenvalue weighted by atomic mass is 10.1. The van der Waals surface area contributed by atoms with Crippen molar-refractivity contribution in [2.24, 2.45) is 5.73 Å². The molecule has 21 heavy (non-hydrogen) atoms. The molecule has 0 aliphatic rings. The first-order valence-electron chi connectivity index (χ1n) is 6.45. The zero-order chi connectivity index (χ0) is 15.4. The van der Waals surface area contributed by atoms with Crippen LogP contribution in [0.3, 0.4) is 0 Å². The molecule has 0 fully saturated rings. The van der Waals surface area contributed by atoms with E-state index in [4.69, 9.17) is 10.5 Å². The number of ether oxygens (including phenoxy) is 1. The Bertz CT molecular complexity index is 653. The first-order chi connectivity index (χ1) is 10.1. The van der Waals surface area contributed by atoms with E-state index in [-0.39, 0.29) is 12.2 Å². The lowest BCUT2D eigenvalue weighted by molar-refractivity contribution is -0.385. The van der Waals surface area contributed by atoms with Crippen molar-refractivity contribution in [3.63, 3.8) is 0 Å². The van der Waals surface area contributed by atoms with E-state index in [1.807, 2.05) is 4.57 Å². The normalized spacial score (nSPS) is 10.8. The van der Waals surface area contributed by atoms with Crippen LogP contribution in [0, 0.1) is 17.0 Å². The van der Waals surface area contributed by atoms with Crippen LogP contribution in [0.1, 0.15) is 11.4 Å².